The molecule has 1 amide bonds. The molecule has 0 bridgehead atoms. The van der Waals surface area contributed by atoms with Gasteiger partial charge in [-0.3, -0.25) is 4.79 Å². The molecule has 2 aromatic rings. The Bertz CT molecular complexity index is 646. The van der Waals surface area contributed by atoms with Crippen molar-refractivity contribution < 1.29 is 4.79 Å². The Kier molecular flexibility index (Phi) is 3.00. The van der Waals surface area contributed by atoms with E-state index in [1.54, 1.807) is 4.90 Å². The van der Waals surface area contributed by atoms with Crippen molar-refractivity contribution in [2.75, 3.05) is 13.1 Å². The standard InChI is InChI=1S/C16H16N2O/c1-2-10-18(11-12-6-7-12)16(19)14-4-3-5-15-13(14)8-9-17-15/h1,3-5,8-9,12,17H,6-7,10-11H2. The molecule has 3 rings (SSSR count). The highest BCUT2D eigenvalue weighted by molar-refractivity contribution is 6.06. The predicted molar refractivity (Wildman–Crippen MR) is 75.8 cm³/mol. The molecule has 0 atom stereocenters. The van der Waals surface area contributed by atoms with Crippen molar-refractivity contribution in [2.45, 2.75) is 12.8 Å². The molecule has 0 spiro atoms. The molecule has 0 unspecified atom stereocenters. The smallest absolute Gasteiger partial charge is 0.255 e. The van der Waals surface area contributed by atoms with E-state index in [-0.39, 0.29) is 5.91 Å². The number of terminal acetylenes is 1. The third kappa shape index (κ3) is 2.34. The molecule has 0 saturated heterocycles. The van der Waals surface area contributed by atoms with Crippen LogP contribution >= 0.6 is 0 Å². The van der Waals surface area contributed by atoms with E-state index in [1.165, 1.54) is 12.8 Å². The molecule has 1 aliphatic rings. The van der Waals surface area contributed by atoms with E-state index in [0.29, 0.717) is 12.5 Å². The van der Waals surface area contributed by atoms with Crippen LogP contribution in [-0.4, -0.2) is 28.9 Å². The fourth-order valence-corrected chi connectivity index (χ4v) is 2.38. The average Bonchev–Trinajstić information content (AvgIpc) is 3.11. The Morgan fingerprint density at radius 2 is 2.26 bits per heavy atom. The number of H-pyrrole nitrogens is 1. The number of nitrogens with zero attached hydrogens (tertiary/aromatic N) is 1. The predicted octanol–water partition coefficient (Wildman–Crippen LogP) is 2.65. The van der Waals surface area contributed by atoms with Crippen LogP contribution in [0.15, 0.2) is 30.5 Å². The first-order chi connectivity index (χ1) is 9.29. The van der Waals surface area contributed by atoms with Crippen LogP contribution in [0.1, 0.15) is 23.2 Å². The lowest BCUT2D eigenvalue weighted by atomic mass is 10.1. The highest BCUT2D eigenvalue weighted by atomic mass is 16.2. The van der Waals surface area contributed by atoms with Gasteiger partial charge in [0, 0.05) is 29.2 Å². The number of nitrogens with one attached hydrogen (secondary N) is 1. The van der Waals surface area contributed by atoms with Crippen LogP contribution in [0.25, 0.3) is 10.9 Å². The fourth-order valence-electron chi connectivity index (χ4n) is 2.38. The van der Waals surface area contributed by atoms with Crippen LogP contribution in [0.4, 0.5) is 0 Å². The molecule has 1 aromatic carbocycles. The normalized spacial score (nSPS) is 14.3. The summed E-state index contributed by atoms with van der Waals surface area (Å²) in [4.78, 5) is 17.5. The maximum Gasteiger partial charge on any atom is 0.255 e. The van der Waals surface area contributed by atoms with Crippen molar-refractivity contribution in [3.8, 4) is 12.3 Å². The third-order valence-corrected chi connectivity index (χ3v) is 3.57. The number of hydrogen-bond donors (Lipinski definition) is 1. The van der Waals surface area contributed by atoms with Gasteiger partial charge in [0.1, 0.15) is 0 Å². The summed E-state index contributed by atoms with van der Waals surface area (Å²) in [5, 5.41) is 0.963. The van der Waals surface area contributed by atoms with E-state index >= 15 is 0 Å². The van der Waals surface area contributed by atoms with E-state index in [9.17, 15) is 4.79 Å². The SMILES string of the molecule is C#CCN(CC1CC1)C(=O)c1cccc2[nH]ccc12. The van der Waals surface area contributed by atoms with Gasteiger partial charge in [-0.05, 0) is 37.0 Å². The van der Waals surface area contributed by atoms with Crippen molar-refractivity contribution in [3.05, 3.63) is 36.0 Å². The lowest BCUT2D eigenvalue weighted by molar-refractivity contribution is 0.0772. The fraction of sp³-hybridized carbons (Fsp3) is 0.312. The topological polar surface area (TPSA) is 36.1 Å². The van der Waals surface area contributed by atoms with Gasteiger partial charge in [0.25, 0.3) is 5.91 Å². The van der Waals surface area contributed by atoms with Crippen molar-refractivity contribution in [1.82, 2.24) is 9.88 Å². The van der Waals surface area contributed by atoms with E-state index < -0.39 is 0 Å². The molecule has 1 aromatic heterocycles. The Labute approximate surface area is 112 Å². The molecule has 3 heteroatoms. The van der Waals surface area contributed by atoms with Crippen molar-refractivity contribution in [2.24, 2.45) is 5.92 Å². The van der Waals surface area contributed by atoms with Gasteiger partial charge in [-0.2, -0.15) is 0 Å². The number of carbonyl (C=O) groups is 1. The molecule has 1 heterocycles. The van der Waals surface area contributed by atoms with E-state index in [1.807, 2.05) is 30.5 Å². The molecule has 1 fully saturated rings. The van der Waals surface area contributed by atoms with Crippen molar-refractivity contribution in [1.29, 1.82) is 0 Å². The first-order valence-electron chi connectivity index (χ1n) is 6.58. The summed E-state index contributed by atoms with van der Waals surface area (Å²) in [6.07, 6.45) is 9.66. The monoisotopic (exact) mass is 252 g/mol. The van der Waals surface area contributed by atoms with Gasteiger partial charge in [0.15, 0.2) is 0 Å². The first-order valence-corrected chi connectivity index (χ1v) is 6.58. The van der Waals surface area contributed by atoms with Crippen LogP contribution in [0, 0.1) is 18.3 Å². The van der Waals surface area contributed by atoms with Gasteiger partial charge >= 0.3 is 0 Å². The molecule has 96 valence electrons. The number of carbonyl (C=O) groups excluding carboxylic acids is 1. The van der Waals surface area contributed by atoms with Gasteiger partial charge < -0.3 is 9.88 Å². The Morgan fingerprint density at radius 3 is 3.00 bits per heavy atom. The minimum absolute atomic E-state index is 0.0371. The van der Waals surface area contributed by atoms with Gasteiger partial charge in [-0.15, -0.1) is 6.42 Å². The molecule has 0 aliphatic heterocycles. The van der Waals surface area contributed by atoms with Crippen LogP contribution < -0.4 is 0 Å². The number of aromatic amines is 1. The van der Waals surface area contributed by atoms with Crippen LogP contribution in [0.5, 0.6) is 0 Å². The number of fused-ring (bicyclic) bond motifs is 1. The highest BCUT2D eigenvalue weighted by Gasteiger charge is 2.27. The number of hydrogen-bond acceptors (Lipinski definition) is 1. The van der Waals surface area contributed by atoms with Crippen LogP contribution in [0.3, 0.4) is 0 Å². The van der Waals surface area contributed by atoms with E-state index in [2.05, 4.69) is 10.9 Å². The van der Waals surface area contributed by atoms with Crippen molar-refractivity contribution >= 4 is 16.8 Å². The number of benzene rings is 1. The summed E-state index contributed by atoms with van der Waals surface area (Å²) in [5.74, 6) is 3.27. The number of aromatic nitrogens is 1. The maximum absolute atomic E-state index is 12.6. The molecule has 0 radical (unpaired) electrons. The van der Waals surface area contributed by atoms with Gasteiger partial charge in [-0.25, -0.2) is 0 Å². The van der Waals surface area contributed by atoms with Gasteiger partial charge in [0.2, 0.25) is 0 Å². The highest BCUT2D eigenvalue weighted by Crippen LogP contribution is 2.30. The summed E-state index contributed by atoms with van der Waals surface area (Å²) in [5.41, 5.74) is 1.72. The Hall–Kier alpha value is -2.21. The summed E-state index contributed by atoms with van der Waals surface area (Å²) >= 11 is 0. The zero-order valence-corrected chi connectivity index (χ0v) is 10.7. The molecule has 1 aliphatic carbocycles. The zero-order chi connectivity index (χ0) is 13.2. The van der Waals surface area contributed by atoms with Gasteiger partial charge in [0.05, 0.1) is 6.54 Å². The largest absolute Gasteiger partial charge is 0.361 e. The third-order valence-electron chi connectivity index (χ3n) is 3.57. The molecule has 1 N–H and O–H groups in total. The van der Waals surface area contributed by atoms with E-state index in [4.69, 9.17) is 6.42 Å². The summed E-state index contributed by atoms with van der Waals surface area (Å²) in [6.45, 7) is 1.17. The number of amides is 1. The minimum atomic E-state index is 0.0371. The van der Waals surface area contributed by atoms with E-state index in [0.717, 1.165) is 23.0 Å². The first kappa shape index (κ1) is 11.9. The summed E-state index contributed by atoms with van der Waals surface area (Å²) in [7, 11) is 0. The second-order valence-electron chi connectivity index (χ2n) is 5.08. The molecule has 3 nitrogen and oxygen atoms in total. The molecule has 19 heavy (non-hydrogen) atoms. The Balaban J connectivity index is 1.92. The average molecular weight is 252 g/mol. The second kappa shape index (κ2) is 4.81. The quantitative estimate of drug-likeness (QED) is 0.834. The lowest BCUT2D eigenvalue weighted by Crippen LogP contribution is -2.33. The summed E-state index contributed by atoms with van der Waals surface area (Å²) < 4.78 is 0. The van der Waals surface area contributed by atoms with Crippen molar-refractivity contribution in [3.63, 3.8) is 0 Å². The van der Waals surface area contributed by atoms with Gasteiger partial charge in [-0.1, -0.05) is 12.0 Å². The zero-order valence-electron chi connectivity index (χ0n) is 10.7. The number of rotatable bonds is 4. The summed E-state index contributed by atoms with van der Waals surface area (Å²) in [6, 6.07) is 7.68. The van der Waals surface area contributed by atoms with Crippen LogP contribution in [-0.2, 0) is 0 Å². The second-order valence-corrected chi connectivity index (χ2v) is 5.08. The molecular weight excluding hydrogens is 236 g/mol. The Morgan fingerprint density at radius 1 is 1.42 bits per heavy atom. The molecule has 1 saturated carbocycles. The van der Waals surface area contributed by atoms with Crippen LogP contribution in [0.2, 0.25) is 0 Å². The maximum atomic E-state index is 12.6. The lowest BCUT2D eigenvalue weighted by Gasteiger charge is -2.20. The minimum Gasteiger partial charge on any atom is -0.361 e. The molecular formula is C16H16N2O.